The van der Waals surface area contributed by atoms with Gasteiger partial charge >= 0.3 is 0 Å². The van der Waals surface area contributed by atoms with Gasteiger partial charge in [0.15, 0.2) is 0 Å². The molecule has 0 aromatic rings. The van der Waals surface area contributed by atoms with Gasteiger partial charge < -0.3 is 20.7 Å². The van der Waals surface area contributed by atoms with Gasteiger partial charge in [-0.25, -0.2) is 0 Å². The Balaban J connectivity index is 4.23. The summed E-state index contributed by atoms with van der Waals surface area (Å²) < 4.78 is 5.59. The molecular formula is C11H26N2O3. The Morgan fingerprint density at radius 1 is 1.38 bits per heavy atom. The van der Waals surface area contributed by atoms with Crippen molar-refractivity contribution in [2.24, 2.45) is 5.73 Å². The molecule has 5 heteroatoms. The van der Waals surface area contributed by atoms with Crippen molar-refractivity contribution < 1.29 is 14.9 Å². The van der Waals surface area contributed by atoms with Crippen LogP contribution in [-0.4, -0.2) is 59.8 Å². The lowest BCUT2D eigenvalue weighted by atomic mass is 9.96. The van der Waals surface area contributed by atoms with Crippen LogP contribution in [0.3, 0.4) is 0 Å². The number of likely N-dealkylation sites (N-methyl/N-ethyl adjacent to an activating group) is 1. The van der Waals surface area contributed by atoms with E-state index >= 15 is 0 Å². The lowest BCUT2D eigenvalue weighted by Crippen LogP contribution is -2.48. The third-order valence-corrected chi connectivity index (χ3v) is 3.20. The van der Waals surface area contributed by atoms with E-state index in [1.54, 1.807) is 4.90 Å². The van der Waals surface area contributed by atoms with E-state index in [9.17, 15) is 10.2 Å². The van der Waals surface area contributed by atoms with Gasteiger partial charge in [0, 0.05) is 6.54 Å². The molecule has 0 spiro atoms. The summed E-state index contributed by atoms with van der Waals surface area (Å²) in [7, 11) is 1.82. The number of nitrogens with two attached hydrogens (primary N) is 1. The lowest BCUT2D eigenvalue weighted by molar-refractivity contribution is -0.150. The molecule has 16 heavy (non-hydrogen) atoms. The molecule has 0 aliphatic rings. The molecule has 98 valence electrons. The van der Waals surface area contributed by atoms with Crippen LogP contribution in [0, 0.1) is 0 Å². The molecule has 0 aromatic heterocycles. The molecule has 0 rings (SSSR count). The van der Waals surface area contributed by atoms with Crippen LogP contribution in [0.25, 0.3) is 0 Å². The molecule has 3 atom stereocenters. The zero-order valence-electron chi connectivity index (χ0n) is 10.8. The largest absolute Gasteiger partial charge is 0.389 e. The summed E-state index contributed by atoms with van der Waals surface area (Å²) in [6, 6.07) is 0. The van der Waals surface area contributed by atoms with E-state index in [4.69, 9.17) is 10.5 Å². The number of rotatable bonds is 8. The first-order chi connectivity index (χ1) is 7.41. The predicted octanol–water partition coefficient (Wildman–Crippen LogP) is -0.239. The van der Waals surface area contributed by atoms with Crippen LogP contribution in [0.2, 0.25) is 0 Å². The number of aliphatic hydroxyl groups is 2. The zero-order chi connectivity index (χ0) is 12.8. The maximum Gasteiger partial charge on any atom is 0.130 e. The molecular weight excluding hydrogens is 208 g/mol. The van der Waals surface area contributed by atoms with Gasteiger partial charge in [0.25, 0.3) is 0 Å². The van der Waals surface area contributed by atoms with Gasteiger partial charge in [-0.15, -0.1) is 0 Å². The minimum atomic E-state index is -0.711. The van der Waals surface area contributed by atoms with E-state index in [1.807, 2.05) is 27.8 Å². The Bertz CT molecular complexity index is 192. The van der Waals surface area contributed by atoms with Crippen LogP contribution in [0.1, 0.15) is 27.2 Å². The van der Waals surface area contributed by atoms with E-state index in [1.165, 1.54) is 0 Å². The number of hydrogen-bond acceptors (Lipinski definition) is 5. The van der Waals surface area contributed by atoms with Crippen molar-refractivity contribution in [1.29, 1.82) is 0 Å². The normalized spacial score (nSPS) is 19.5. The Hall–Kier alpha value is -0.200. The van der Waals surface area contributed by atoms with Gasteiger partial charge in [-0.05, 0) is 26.9 Å². The summed E-state index contributed by atoms with van der Waals surface area (Å²) in [6.45, 7) is 6.76. The standard InChI is InChI=1S/C11H26N2O3/c1-5-11(3,9(14)7-12)16-8-10(15)13(4)6-2/h9-10,14-15H,5-8,12H2,1-4H3. The minimum Gasteiger partial charge on any atom is -0.389 e. The Morgan fingerprint density at radius 3 is 2.31 bits per heavy atom. The summed E-state index contributed by atoms with van der Waals surface area (Å²) in [5, 5.41) is 19.5. The second-order valence-corrected chi connectivity index (χ2v) is 4.28. The average molecular weight is 234 g/mol. The highest BCUT2D eigenvalue weighted by Crippen LogP contribution is 2.20. The molecule has 0 heterocycles. The van der Waals surface area contributed by atoms with Crippen molar-refractivity contribution in [3.05, 3.63) is 0 Å². The highest BCUT2D eigenvalue weighted by molar-refractivity contribution is 4.83. The van der Waals surface area contributed by atoms with Gasteiger partial charge in [0.05, 0.1) is 18.3 Å². The van der Waals surface area contributed by atoms with E-state index in [2.05, 4.69) is 0 Å². The summed E-state index contributed by atoms with van der Waals surface area (Å²) in [5.74, 6) is 0. The van der Waals surface area contributed by atoms with Crippen molar-refractivity contribution in [3.8, 4) is 0 Å². The molecule has 4 N–H and O–H groups in total. The van der Waals surface area contributed by atoms with Gasteiger partial charge in [-0.3, -0.25) is 4.90 Å². The second kappa shape index (κ2) is 7.19. The summed E-state index contributed by atoms with van der Waals surface area (Å²) in [5.41, 5.74) is 4.73. The fourth-order valence-electron chi connectivity index (χ4n) is 1.29. The number of hydrogen-bond donors (Lipinski definition) is 3. The molecule has 0 bridgehead atoms. The SMILES string of the molecule is CCN(C)C(O)COC(C)(CC)C(O)CN. The van der Waals surface area contributed by atoms with Crippen molar-refractivity contribution in [3.63, 3.8) is 0 Å². The van der Waals surface area contributed by atoms with E-state index in [-0.39, 0.29) is 13.2 Å². The average Bonchev–Trinajstić information content (AvgIpc) is 2.33. The van der Waals surface area contributed by atoms with Gasteiger partial charge in [0.2, 0.25) is 0 Å². The second-order valence-electron chi connectivity index (χ2n) is 4.28. The molecule has 0 saturated heterocycles. The van der Waals surface area contributed by atoms with Gasteiger partial charge in [0.1, 0.15) is 6.23 Å². The van der Waals surface area contributed by atoms with Crippen molar-refractivity contribution >= 4 is 0 Å². The first-order valence-corrected chi connectivity index (χ1v) is 5.81. The van der Waals surface area contributed by atoms with Crippen LogP contribution < -0.4 is 5.73 Å². The first-order valence-electron chi connectivity index (χ1n) is 5.81. The third kappa shape index (κ3) is 4.35. The van der Waals surface area contributed by atoms with Crippen LogP contribution >= 0.6 is 0 Å². The molecule has 5 nitrogen and oxygen atoms in total. The maximum atomic E-state index is 9.74. The highest BCUT2D eigenvalue weighted by atomic mass is 16.5. The van der Waals surface area contributed by atoms with Crippen LogP contribution in [0.15, 0.2) is 0 Å². The fourth-order valence-corrected chi connectivity index (χ4v) is 1.29. The van der Waals surface area contributed by atoms with Crippen LogP contribution in [-0.2, 0) is 4.74 Å². The summed E-state index contributed by atoms with van der Waals surface area (Å²) >= 11 is 0. The van der Waals surface area contributed by atoms with Crippen molar-refractivity contribution in [2.75, 3.05) is 26.7 Å². The van der Waals surface area contributed by atoms with E-state index < -0.39 is 17.9 Å². The zero-order valence-corrected chi connectivity index (χ0v) is 10.8. The van der Waals surface area contributed by atoms with E-state index in [0.29, 0.717) is 6.42 Å². The van der Waals surface area contributed by atoms with E-state index in [0.717, 1.165) is 6.54 Å². The number of aliphatic hydroxyl groups excluding tert-OH is 2. The first kappa shape index (κ1) is 15.8. The molecule has 0 aliphatic carbocycles. The van der Waals surface area contributed by atoms with Gasteiger partial charge in [-0.2, -0.15) is 0 Å². The smallest absolute Gasteiger partial charge is 0.130 e. The minimum absolute atomic E-state index is 0.157. The third-order valence-electron chi connectivity index (χ3n) is 3.20. The summed E-state index contributed by atoms with van der Waals surface area (Å²) in [4.78, 5) is 1.77. The monoisotopic (exact) mass is 234 g/mol. The number of ether oxygens (including phenoxy) is 1. The highest BCUT2D eigenvalue weighted by Gasteiger charge is 2.32. The Morgan fingerprint density at radius 2 is 1.94 bits per heavy atom. The molecule has 3 unspecified atom stereocenters. The fraction of sp³-hybridized carbons (Fsp3) is 1.00. The summed E-state index contributed by atoms with van der Waals surface area (Å²) in [6.07, 6.45) is -0.717. The molecule has 0 aromatic carbocycles. The lowest BCUT2D eigenvalue weighted by Gasteiger charge is -2.35. The Kier molecular flexibility index (Phi) is 7.10. The maximum absolute atomic E-state index is 9.74. The molecule has 0 aliphatic heterocycles. The molecule has 0 radical (unpaired) electrons. The number of nitrogens with zero attached hydrogens (tertiary/aromatic N) is 1. The molecule has 0 fully saturated rings. The van der Waals surface area contributed by atoms with Crippen LogP contribution in [0.4, 0.5) is 0 Å². The quantitative estimate of drug-likeness (QED) is 0.505. The molecule has 0 saturated carbocycles. The van der Waals surface area contributed by atoms with Gasteiger partial charge in [-0.1, -0.05) is 13.8 Å². The van der Waals surface area contributed by atoms with Crippen LogP contribution in [0.5, 0.6) is 0 Å². The van der Waals surface area contributed by atoms with Crippen molar-refractivity contribution in [2.45, 2.75) is 45.1 Å². The Labute approximate surface area is 98.2 Å². The predicted molar refractivity (Wildman–Crippen MR) is 64.0 cm³/mol. The molecule has 0 amide bonds. The van der Waals surface area contributed by atoms with Crippen molar-refractivity contribution in [1.82, 2.24) is 4.90 Å². The topological polar surface area (TPSA) is 79.0 Å².